The molecule has 2 aromatic rings. The van der Waals surface area contributed by atoms with Crippen LogP contribution in [0.4, 0.5) is 10.7 Å². The quantitative estimate of drug-likeness (QED) is 0.907. The molecule has 8 nitrogen and oxygen atoms in total. The van der Waals surface area contributed by atoms with Gasteiger partial charge < -0.3 is 5.32 Å². The average molecular weight is 305 g/mol. The van der Waals surface area contributed by atoms with E-state index in [2.05, 4.69) is 46.6 Å². The zero-order chi connectivity index (χ0) is 16.5. The molecule has 0 spiro atoms. The molecule has 0 bridgehead atoms. The first-order chi connectivity index (χ1) is 10.2. The van der Waals surface area contributed by atoms with Crippen molar-refractivity contribution in [2.24, 2.45) is 7.05 Å². The Labute approximate surface area is 129 Å². The number of carbonyl (C=O) groups is 1. The second-order valence-corrected chi connectivity index (χ2v) is 6.31. The summed E-state index contributed by atoms with van der Waals surface area (Å²) in [7, 11) is 1.71. The molecule has 2 rings (SSSR count). The van der Waals surface area contributed by atoms with Gasteiger partial charge in [0.05, 0.1) is 17.3 Å². The standard InChI is InChI=1S/C14H23N7O/c1-9(11-7-21(14(3,4)5)19-10(11)2)17-13(22)18-12-15-8-16-20(12)6/h7-9H,1-6H3,(H2,15,16,17,18,22)/t9-/m0/s1. The van der Waals surface area contributed by atoms with Crippen molar-refractivity contribution in [2.45, 2.75) is 46.2 Å². The van der Waals surface area contributed by atoms with E-state index in [1.807, 2.05) is 24.7 Å². The molecule has 0 aliphatic heterocycles. The molecule has 0 saturated heterocycles. The van der Waals surface area contributed by atoms with E-state index in [-0.39, 0.29) is 17.6 Å². The van der Waals surface area contributed by atoms with Crippen molar-refractivity contribution >= 4 is 12.0 Å². The second kappa shape index (κ2) is 5.78. The molecule has 2 aromatic heterocycles. The third-order valence-electron chi connectivity index (χ3n) is 3.38. The van der Waals surface area contributed by atoms with Gasteiger partial charge in [-0.2, -0.15) is 15.2 Å². The summed E-state index contributed by atoms with van der Waals surface area (Å²) in [6, 6.07) is -0.490. The van der Waals surface area contributed by atoms with Gasteiger partial charge in [-0.3, -0.25) is 10.00 Å². The SMILES string of the molecule is Cc1nn(C(C)(C)C)cc1[C@H](C)NC(=O)Nc1ncnn1C. The summed E-state index contributed by atoms with van der Waals surface area (Å²) in [5.74, 6) is 0.395. The Morgan fingerprint density at radius 1 is 1.36 bits per heavy atom. The average Bonchev–Trinajstić information content (AvgIpc) is 2.95. The maximum Gasteiger partial charge on any atom is 0.322 e. The Morgan fingerprint density at radius 2 is 2.05 bits per heavy atom. The van der Waals surface area contributed by atoms with Crippen molar-refractivity contribution in [3.05, 3.63) is 23.8 Å². The number of carbonyl (C=O) groups excluding carboxylic acids is 1. The van der Waals surface area contributed by atoms with E-state index in [1.165, 1.54) is 11.0 Å². The summed E-state index contributed by atoms with van der Waals surface area (Å²) in [5, 5.41) is 14.0. The fourth-order valence-electron chi connectivity index (χ4n) is 2.06. The fourth-order valence-corrected chi connectivity index (χ4v) is 2.06. The van der Waals surface area contributed by atoms with Gasteiger partial charge in [0.2, 0.25) is 5.95 Å². The normalized spacial score (nSPS) is 13.0. The topological polar surface area (TPSA) is 89.7 Å². The molecule has 0 radical (unpaired) electrons. The lowest BCUT2D eigenvalue weighted by molar-refractivity contribution is 0.249. The highest BCUT2D eigenvalue weighted by Gasteiger charge is 2.20. The van der Waals surface area contributed by atoms with Crippen LogP contribution in [0.2, 0.25) is 0 Å². The summed E-state index contributed by atoms with van der Waals surface area (Å²) < 4.78 is 3.41. The van der Waals surface area contributed by atoms with Gasteiger partial charge in [0.25, 0.3) is 0 Å². The van der Waals surface area contributed by atoms with Gasteiger partial charge >= 0.3 is 6.03 Å². The molecule has 2 N–H and O–H groups in total. The minimum atomic E-state index is -0.327. The van der Waals surface area contributed by atoms with E-state index in [4.69, 9.17) is 0 Å². The predicted molar refractivity (Wildman–Crippen MR) is 83.5 cm³/mol. The lowest BCUT2D eigenvalue weighted by Gasteiger charge is -2.19. The van der Waals surface area contributed by atoms with Gasteiger partial charge in [-0.15, -0.1) is 0 Å². The number of urea groups is 1. The Balaban J connectivity index is 2.06. The van der Waals surface area contributed by atoms with E-state index in [9.17, 15) is 4.79 Å². The molecule has 2 amide bonds. The van der Waals surface area contributed by atoms with Crippen LogP contribution >= 0.6 is 0 Å². The zero-order valence-corrected chi connectivity index (χ0v) is 13.9. The van der Waals surface area contributed by atoms with Crippen LogP contribution in [-0.2, 0) is 12.6 Å². The maximum atomic E-state index is 12.0. The van der Waals surface area contributed by atoms with Crippen LogP contribution in [0.5, 0.6) is 0 Å². The molecule has 2 heterocycles. The molecule has 8 heteroatoms. The molecule has 120 valence electrons. The number of hydrogen-bond acceptors (Lipinski definition) is 4. The molecular formula is C14H23N7O. The van der Waals surface area contributed by atoms with Crippen LogP contribution in [-0.4, -0.2) is 30.6 Å². The highest BCUT2D eigenvalue weighted by atomic mass is 16.2. The predicted octanol–water partition coefficient (Wildman–Crippen LogP) is 1.96. The smallest absolute Gasteiger partial charge is 0.322 e. The van der Waals surface area contributed by atoms with Crippen molar-refractivity contribution in [3.8, 4) is 0 Å². The van der Waals surface area contributed by atoms with E-state index in [1.54, 1.807) is 7.05 Å². The molecule has 0 aromatic carbocycles. The first kappa shape index (κ1) is 16.0. The van der Waals surface area contributed by atoms with Gasteiger partial charge in [-0.05, 0) is 34.6 Å². The lowest BCUT2D eigenvalue weighted by Crippen LogP contribution is -2.32. The van der Waals surface area contributed by atoms with Gasteiger partial charge in [0.15, 0.2) is 0 Å². The van der Waals surface area contributed by atoms with Crippen LogP contribution in [0.15, 0.2) is 12.5 Å². The molecule has 0 fully saturated rings. The van der Waals surface area contributed by atoms with Gasteiger partial charge in [-0.25, -0.2) is 9.48 Å². The fraction of sp³-hybridized carbons (Fsp3) is 0.571. The number of amides is 2. The number of rotatable bonds is 3. The summed E-state index contributed by atoms with van der Waals surface area (Å²) in [5.41, 5.74) is 1.80. The third-order valence-corrected chi connectivity index (χ3v) is 3.38. The van der Waals surface area contributed by atoms with E-state index in [0.29, 0.717) is 5.95 Å². The van der Waals surface area contributed by atoms with Crippen molar-refractivity contribution < 1.29 is 4.79 Å². The second-order valence-electron chi connectivity index (χ2n) is 6.31. The Morgan fingerprint density at radius 3 is 2.55 bits per heavy atom. The summed E-state index contributed by atoms with van der Waals surface area (Å²) in [6.07, 6.45) is 3.36. The van der Waals surface area contributed by atoms with E-state index < -0.39 is 0 Å². The van der Waals surface area contributed by atoms with Crippen molar-refractivity contribution in [1.82, 2.24) is 29.9 Å². The third kappa shape index (κ3) is 3.44. The minimum absolute atomic E-state index is 0.0936. The number of nitrogens with zero attached hydrogens (tertiary/aromatic N) is 5. The molecule has 0 unspecified atom stereocenters. The Kier molecular flexibility index (Phi) is 4.20. The highest BCUT2D eigenvalue weighted by molar-refractivity contribution is 5.87. The summed E-state index contributed by atoms with van der Waals surface area (Å²) >= 11 is 0. The monoisotopic (exact) mass is 305 g/mol. The van der Waals surface area contributed by atoms with Crippen LogP contribution in [0, 0.1) is 6.92 Å². The van der Waals surface area contributed by atoms with Crippen LogP contribution < -0.4 is 10.6 Å². The highest BCUT2D eigenvalue weighted by Crippen LogP contribution is 2.21. The Hall–Kier alpha value is -2.38. The minimum Gasteiger partial charge on any atom is -0.331 e. The van der Waals surface area contributed by atoms with Crippen molar-refractivity contribution in [2.75, 3.05) is 5.32 Å². The molecule has 22 heavy (non-hydrogen) atoms. The summed E-state index contributed by atoms with van der Waals surface area (Å²) in [6.45, 7) is 10.1. The van der Waals surface area contributed by atoms with Gasteiger partial charge in [-0.1, -0.05) is 0 Å². The van der Waals surface area contributed by atoms with E-state index in [0.717, 1.165) is 11.3 Å². The molecule has 0 aliphatic rings. The zero-order valence-electron chi connectivity index (χ0n) is 13.9. The van der Waals surface area contributed by atoms with Crippen molar-refractivity contribution in [3.63, 3.8) is 0 Å². The van der Waals surface area contributed by atoms with Crippen LogP contribution in [0.25, 0.3) is 0 Å². The first-order valence-corrected chi connectivity index (χ1v) is 7.16. The number of aryl methyl sites for hydroxylation is 2. The first-order valence-electron chi connectivity index (χ1n) is 7.16. The van der Waals surface area contributed by atoms with Crippen LogP contribution in [0.3, 0.4) is 0 Å². The largest absolute Gasteiger partial charge is 0.331 e. The molecule has 0 aliphatic carbocycles. The van der Waals surface area contributed by atoms with Gasteiger partial charge in [0.1, 0.15) is 6.33 Å². The van der Waals surface area contributed by atoms with E-state index >= 15 is 0 Å². The Bertz CT molecular complexity index is 665. The van der Waals surface area contributed by atoms with Gasteiger partial charge in [0, 0.05) is 18.8 Å². The number of anilines is 1. The summed E-state index contributed by atoms with van der Waals surface area (Å²) in [4.78, 5) is 16.0. The molecule has 1 atom stereocenters. The number of nitrogens with one attached hydrogen (secondary N) is 2. The molecular weight excluding hydrogens is 282 g/mol. The number of aromatic nitrogens is 5. The lowest BCUT2D eigenvalue weighted by atomic mass is 10.1. The molecule has 0 saturated carbocycles. The van der Waals surface area contributed by atoms with Crippen LogP contribution in [0.1, 0.15) is 45.0 Å². The number of hydrogen-bond donors (Lipinski definition) is 2. The van der Waals surface area contributed by atoms with Crippen molar-refractivity contribution in [1.29, 1.82) is 0 Å². The maximum absolute atomic E-state index is 12.0.